The molecule has 1 N–H and O–H groups in total. The Labute approximate surface area is 122 Å². The van der Waals surface area contributed by atoms with Gasteiger partial charge >= 0.3 is 0 Å². The van der Waals surface area contributed by atoms with Crippen LogP contribution in [0.25, 0.3) is 0 Å². The number of methoxy groups -OCH3 is 1. The first-order valence-electron chi connectivity index (χ1n) is 6.84. The number of aryl methyl sites for hydroxylation is 1. The number of aromatic nitrogens is 2. The Hall–Kier alpha value is -1.95. The van der Waals surface area contributed by atoms with Gasteiger partial charge in [0.15, 0.2) is 17.4 Å². The molecule has 0 fully saturated rings. The summed E-state index contributed by atoms with van der Waals surface area (Å²) in [5.74, 6) is -1.11. The normalized spacial score (nSPS) is 12.4. The molecule has 0 aliphatic rings. The van der Waals surface area contributed by atoms with Crippen LogP contribution in [-0.2, 0) is 6.54 Å². The van der Waals surface area contributed by atoms with Crippen molar-refractivity contribution in [2.75, 3.05) is 14.2 Å². The zero-order chi connectivity index (χ0) is 15.4. The molecule has 1 atom stereocenters. The fraction of sp³-hybridized carbons (Fsp3) is 0.400. The van der Waals surface area contributed by atoms with E-state index in [1.165, 1.54) is 6.07 Å². The molecule has 0 amide bonds. The summed E-state index contributed by atoms with van der Waals surface area (Å²) in [7, 11) is 3.32. The first-order chi connectivity index (χ1) is 10.1. The third-order valence-electron chi connectivity index (χ3n) is 3.34. The molecule has 1 unspecified atom stereocenters. The van der Waals surface area contributed by atoms with Crippen LogP contribution in [0, 0.1) is 11.6 Å². The lowest BCUT2D eigenvalue weighted by molar-refractivity contribution is 0.400. The average molecular weight is 295 g/mol. The van der Waals surface area contributed by atoms with E-state index in [2.05, 4.69) is 10.4 Å². The quantitative estimate of drug-likeness (QED) is 0.890. The van der Waals surface area contributed by atoms with Crippen LogP contribution in [0.5, 0.6) is 5.75 Å². The zero-order valence-corrected chi connectivity index (χ0v) is 12.4. The lowest BCUT2D eigenvalue weighted by Crippen LogP contribution is -2.22. The van der Waals surface area contributed by atoms with Crippen LogP contribution in [0.1, 0.15) is 30.6 Å². The van der Waals surface area contributed by atoms with Crippen molar-refractivity contribution in [3.05, 3.63) is 47.3 Å². The summed E-state index contributed by atoms with van der Waals surface area (Å²) in [6.45, 7) is 2.77. The maximum Gasteiger partial charge on any atom is 0.161 e. The Morgan fingerprint density at radius 1 is 1.33 bits per heavy atom. The molecule has 0 saturated heterocycles. The Morgan fingerprint density at radius 2 is 2.10 bits per heavy atom. The summed E-state index contributed by atoms with van der Waals surface area (Å²) < 4.78 is 33.8. The van der Waals surface area contributed by atoms with Gasteiger partial charge in [-0.25, -0.2) is 8.78 Å². The summed E-state index contributed by atoms with van der Waals surface area (Å²) in [4.78, 5) is 0. The summed E-state index contributed by atoms with van der Waals surface area (Å²) in [6.07, 6.45) is 2.54. The number of nitrogens with zero attached hydrogens (tertiary/aromatic N) is 2. The van der Waals surface area contributed by atoms with Gasteiger partial charge in [0.05, 0.1) is 19.3 Å². The molecule has 1 heterocycles. The van der Waals surface area contributed by atoms with Gasteiger partial charge in [-0.1, -0.05) is 13.0 Å². The SMILES string of the molecule is CCCn1ncc(OC)c1C(NC)c1ccc(F)c(F)c1. The molecule has 21 heavy (non-hydrogen) atoms. The highest BCUT2D eigenvalue weighted by atomic mass is 19.2. The lowest BCUT2D eigenvalue weighted by Gasteiger charge is -2.20. The highest BCUT2D eigenvalue weighted by Gasteiger charge is 2.23. The van der Waals surface area contributed by atoms with Gasteiger partial charge in [0, 0.05) is 6.54 Å². The molecule has 0 radical (unpaired) electrons. The topological polar surface area (TPSA) is 39.1 Å². The molecule has 2 aromatic rings. The van der Waals surface area contributed by atoms with Gasteiger partial charge in [-0.3, -0.25) is 4.68 Å². The van der Waals surface area contributed by atoms with Crippen LogP contribution in [0.2, 0.25) is 0 Å². The molecular formula is C15H19F2N3O. The Bertz CT molecular complexity index is 613. The molecule has 1 aromatic carbocycles. The van der Waals surface area contributed by atoms with E-state index in [1.807, 2.05) is 11.6 Å². The summed E-state index contributed by atoms with van der Waals surface area (Å²) in [6, 6.07) is 3.55. The molecule has 4 nitrogen and oxygen atoms in total. The smallest absolute Gasteiger partial charge is 0.161 e. The van der Waals surface area contributed by atoms with Gasteiger partial charge < -0.3 is 10.1 Å². The molecule has 0 aliphatic carbocycles. The molecule has 1 aromatic heterocycles. The monoisotopic (exact) mass is 295 g/mol. The second-order valence-corrected chi connectivity index (χ2v) is 4.72. The van der Waals surface area contributed by atoms with E-state index in [-0.39, 0.29) is 6.04 Å². The maximum absolute atomic E-state index is 13.5. The second-order valence-electron chi connectivity index (χ2n) is 4.72. The van der Waals surface area contributed by atoms with Crippen molar-refractivity contribution < 1.29 is 13.5 Å². The van der Waals surface area contributed by atoms with E-state index < -0.39 is 11.6 Å². The summed E-state index contributed by atoms with van der Waals surface area (Å²) in [5.41, 5.74) is 1.42. The first kappa shape index (κ1) is 15.4. The predicted molar refractivity (Wildman–Crippen MR) is 76.3 cm³/mol. The van der Waals surface area contributed by atoms with Gasteiger partial charge in [-0.15, -0.1) is 0 Å². The van der Waals surface area contributed by atoms with Crippen molar-refractivity contribution in [3.8, 4) is 5.75 Å². The second kappa shape index (κ2) is 6.67. The van der Waals surface area contributed by atoms with Crippen LogP contribution >= 0.6 is 0 Å². The van der Waals surface area contributed by atoms with Crippen molar-refractivity contribution in [3.63, 3.8) is 0 Å². The Kier molecular flexibility index (Phi) is 4.90. The standard InChI is InChI=1S/C15H19F2N3O/c1-4-7-20-15(13(21-3)9-19-20)14(18-2)10-5-6-11(16)12(17)8-10/h5-6,8-9,14,18H,4,7H2,1-3H3. The van der Waals surface area contributed by atoms with Crippen LogP contribution in [0.15, 0.2) is 24.4 Å². The lowest BCUT2D eigenvalue weighted by atomic mass is 10.0. The average Bonchev–Trinajstić information content (AvgIpc) is 2.87. The molecular weight excluding hydrogens is 276 g/mol. The number of hydrogen-bond donors (Lipinski definition) is 1. The largest absolute Gasteiger partial charge is 0.493 e. The van der Waals surface area contributed by atoms with E-state index in [0.717, 1.165) is 24.7 Å². The van der Waals surface area contributed by atoms with E-state index in [4.69, 9.17) is 4.74 Å². The number of ether oxygens (including phenoxy) is 1. The van der Waals surface area contributed by atoms with E-state index >= 15 is 0 Å². The number of halogens is 2. The van der Waals surface area contributed by atoms with Gasteiger partial charge in [0.25, 0.3) is 0 Å². The van der Waals surface area contributed by atoms with Crippen molar-refractivity contribution in [1.82, 2.24) is 15.1 Å². The predicted octanol–water partition coefficient (Wildman–Crippen LogP) is 2.89. The highest BCUT2D eigenvalue weighted by Crippen LogP contribution is 2.30. The molecule has 2 rings (SSSR count). The van der Waals surface area contributed by atoms with Crippen LogP contribution < -0.4 is 10.1 Å². The highest BCUT2D eigenvalue weighted by molar-refractivity contribution is 5.36. The van der Waals surface area contributed by atoms with Gasteiger partial charge in [-0.05, 0) is 31.2 Å². The minimum atomic E-state index is -0.867. The third kappa shape index (κ3) is 3.05. The Balaban J connectivity index is 2.49. The molecule has 0 spiro atoms. The third-order valence-corrected chi connectivity index (χ3v) is 3.34. The van der Waals surface area contributed by atoms with Gasteiger partial charge in [0.2, 0.25) is 0 Å². The summed E-state index contributed by atoms with van der Waals surface area (Å²) >= 11 is 0. The maximum atomic E-state index is 13.5. The summed E-state index contributed by atoms with van der Waals surface area (Å²) in [5, 5.41) is 7.41. The van der Waals surface area contributed by atoms with Crippen molar-refractivity contribution in [2.24, 2.45) is 0 Å². The minimum Gasteiger partial charge on any atom is -0.493 e. The number of nitrogens with one attached hydrogen (secondary N) is 1. The van der Waals surface area contributed by atoms with Crippen LogP contribution in [0.3, 0.4) is 0 Å². The van der Waals surface area contributed by atoms with E-state index in [9.17, 15) is 8.78 Å². The van der Waals surface area contributed by atoms with E-state index in [0.29, 0.717) is 11.3 Å². The van der Waals surface area contributed by atoms with Gasteiger partial charge in [-0.2, -0.15) is 5.10 Å². The van der Waals surface area contributed by atoms with Gasteiger partial charge in [0.1, 0.15) is 5.69 Å². The molecule has 0 aliphatic heterocycles. The van der Waals surface area contributed by atoms with Crippen LogP contribution in [-0.4, -0.2) is 23.9 Å². The molecule has 0 saturated carbocycles. The Morgan fingerprint density at radius 3 is 2.67 bits per heavy atom. The van der Waals surface area contributed by atoms with E-state index in [1.54, 1.807) is 26.4 Å². The fourth-order valence-electron chi connectivity index (χ4n) is 2.37. The minimum absolute atomic E-state index is 0.330. The number of rotatable bonds is 6. The molecule has 0 bridgehead atoms. The van der Waals surface area contributed by atoms with Crippen molar-refractivity contribution in [1.29, 1.82) is 0 Å². The van der Waals surface area contributed by atoms with Crippen molar-refractivity contribution >= 4 is 0 Å². The molecule has 114 valence electrons. The number of benzene rings is 1. The fourth-order valence-corrected chi connectivity index (χ4v) is 2.37. The zero-order valence-electron chi connectivity index (χ0n) is 12.4. The number of hydrogen-bond acceptors (Lipinski definition) is 3. The van der Waals surface area contributed by atoms with Crippen molar-refractivity contribution in [2.45, 2.75) is 25.9 Å². The van der Waals surface area contributed by atoms with Crippen LogP contribution in [0.4, 0.5) is 8.78 Å². The molecule has 6 heteroatoms. The first-order valence-corrected chi connectivity index (χ1v) is 6.84.